The van der Waals surface area contributed by atoms with Crippen LogP contribution in [0.1, 0.15) is 5.56 Å². The number of carbonyl (C=O) groups excluding carboxylic acids is 1. The highest BCUT2D eigenvalue weighted by Crippen LogP contribution is 2.15. The Balaban J connectivity index is 3.14. The molecule has 0 fully saturated rings. The molecule has 1 rings (SSSR count). The van der Waals surface area contributed by atoms with Gasteiger partial charge in [-0.05, 0) is 17.7 Å². The Labute approximate surface area is 83.6 Å². The van der Waals surface area contributed by atoms with Gasteiger partial charge in [-0.15, -0.1) is 0 Å². The molecule has 14 heavy (non-hydrogen) atoms. The lowest BCUT2D eigenvalue weighted by atomic mass is 10.1. The summed E-state index contributed by atoms with van der Waals surface area (Å²) in [4.78, 5) is 11.0. The number of nitrogens with two attached hydrogens (primary N) is 1. The van der Waals surface area contributed by atoms with Crippen LogP contribution in [0.15, 0.2) is 23.1 Å². The van der Waals surface area contributed by atoms with Crippen molar-refractivity contribution >= 4 is 16.7 Å². The number of carbonyl (C=O) groups is 1. The second-order valence-corrected chi connectivity index (χ2v) is 4.20. The minimum absolute atomic E-state index is 0.0187. The molecule has 1 amide bonds. The molecule has 0 aliphatic heterocycles. The summed E-state index contributed by atoms with van der Waals surface area (Å²) >= 11 is 0. The lowest BCUT2D eigenvalue weighted by molar-refractivity contribution is -0.117. The normalized spacial score (nSPS) is 12.4. The number of amides is 1. The van der Waals surface area contributed by atoms with E-state index < -0.39 is 22.5 Å². The predicted molar refractivity (Wildman–Crippen MR) is 51.6 cm³/mol. The first-order chi connectivity index (χ1) is 6.50. The first kappa shape index (κ1) is 10.8. The number of benzene rings is 1. The van der Waals surface area contributed by atoms with E-state index in [2.05, 4.69) is 0 Å². The van der Waals surface area contributed by atoms with E-state index in [1.54, 1.807) is 0 Å². The largest absolute Gasteiger partial charge is 0.369 e. The minimum atomic E-state index is -1.31. The fourth-order valence-corrected chi connectivity index (χ4v) is 1.92. The first-order valence-electron chi connectivity index (χ1n) is 3.91. The summed E-state index contributed by atoms with van der Waals surface area (Å²) in [7, 11) is -1.31. The van der Waals surface area contributed by atoms with E-state index in [9.17, 15) is 13.4 Å². The van der Waals surface area contributed by atoms with Crippen LogP contribution in [-0.2, 0) is 22.0 Å². The number of halogens is 1. The molecule has 0 saturated carbocycles. The van der Waals surface area contributed by atoms with E-state index >= 15 is 0 Å². The average molecular weight is 215 g/mol. The molecular formula is C9H10FNO2S. The van der Waals surface area contributed by atoms with Crippen LogP contribution in [0.4, 0.5) is 4.39 Å². The van der Waals surface area contributed by atoms with Gasteiger partial charge in [0, 0.05) is 11.2 Å². The molecular weight excluding hydrogens is 205 g/mol. The maximum Gasteiger partial charge on any atom is 0.221 e. The van der Waals surface area contributed by atoms with Crippen molar-refractivity contribution in [2.75, 3.05) is 6.26 Å². The van der Waals surface area contributed by atoms with Crippen LogP contribution >= 0.6 is 0 Å². The Morgan fingerprint density at radius 2 is 2.21 bits per heavy atom. The second kappa shape index (κ2) is 4.32. The lowest BCUT2D eigenvalue weighted by Gasteiger charge is -2.04. The topological polar surface area (TPSA) is 60.2 Å². The zero-order chi connectivity index (χ0) is 10.7. The van der Waals surface area contributed by atoms with Gasteiger partial charge in [0.1, 0.15) is 5.82 Å². The molecule has 0 aliphatic rings. The zero-order valence-electron chi connectivity index (χ0n) is 7.62. The van der Waals surface area contributed by atoms with E-state index in [1.165, 1.54) is 18.4 Å². The smallest absolute Gasteiger partial charge is 0.221 e. The van der Waals surface area contributed by atoms with E-state index in [-0.39, 0.29) is 6.42 Å². The van der Waals surface area contributed by atoms with Gasteiger partial charge in [-0.3, -0.25) is 9.00 Å². The molecule has 1 unspecified atom stereocenters. The molecule has 5 heteroatoms. The van der Waals surface area contributed by atoms with Crippen LogP contribution in [0.2, 0.25) is 0 Å². The highest BCUT2D eigenvalue weighted by Gasteiger charge is 2.09. The molecule has 76 valence electrons. The zero-order valence-corrected chi connectivity index (χ0v) is 8.44. The number of hydrogen-bond donors (Lipinski definition) is 1. The van der Waals surface area contributed by atoms with Gasteiger partial charge in [-0.1, -0.05) is 6.07 Å². The van der Waals surface area contributed by atoms with Crippen molar-refractivity contribution in [3.05, 3.63) is 29.6 Å². The number of primary amides is 1. The Bertz CT molecular complexity index is 392. The van der Waals surface area contributed by atoms with Gasteiger partial charge in [0.25, 0.3) is 0 Å². The summed E-state index contributed by atoms with van der Waals surface area (Å²) in [5, 5.41) is 0. The second-order valence-electron chi connectivity index (χ2n) is 2.85. The molecule has 1 aromatic carbocycles. The third-order valence-corrected chi connectivity index (χ3v) is 2.70. The summed E-state index contributed by atoms with van der Waals surface area (Å²) < 4.78 is 24.0. The van der Waals surface area contributed by atoms with E-state index in [1.807, 2.05) is 0 Å². The van der Waals surface area contributed by atoms with Crippen molar-refractivity contribution in [3.8, 4) is 0 Å². The Hall–Kier alpha value is -1.23. The molecule has 0 heterocycles. The van der Waals surface area contributed by atoms with Gasteiger partial charge >= 0.3 is 0 Å². The number of hydrogen-bond acceptors (Lipinski definition) is 2. The first-order valence-corrected chi connectivity index (χ1v) is 5.46. The fourth-order valence-electron chi connectivity index (χ4n) is 1.13. The molecule has 0 aromatic heterocycles. The van der Waals surface area contributed by atoms with Crippen molar-refractivity contribution in [2.45, 2.75) is 11.3 Å². The lowest BCUT2D eigenvalue weighted by Crippen LogP contribution is -2.15. The maximum absolute atomic E-state index is 12.8. The molecule has 3 nitrogen and oxygen atoms in total. The molecule has 0 spiro atoms. The van der Waals surface area contributed by atoms with Gasteiger partial charge in [-0.25, -0.2) is 4.39 Å². The summed E-state index contributed by atoms with van der Waals surface area (Å²) in [6.45, 7) is 0. The maximum atomic E-state index is 12.8. The molecule has 1 aromatic rings. The van der Waals surface area contributed by atoms with Crippen LogP contribution in [0.3, 0.4) is 0 Å². The van der Waals surface area contributed by atoms with Crippen LogP contribution in [-0.4, -0.2) is 16.4 Å². The van der Waals surface area contributed by atoms with Crippen molar-refractivity contribution in [2.24, 2.45) is 5.73 Å². The monoisotopic (exact) mass is 215 g/mol. The van der Waals surface area contributed by atoms with Gasteiger partial charge in [0.05, 0.1) is 17.2 Å². The minimum Gasteiger partial charge on any atom is -0.369 e. The van der Waals surface area contributed by atoms with Crippen LogP contribution in [0, 0.1) is 5.82 Å². The fraction of sp³-hybridized carbons (Fsp3) is 0.222. The third kappa shape index (κ3) is 2.63. The van der Waals surface area contributed by atoms with Crippen molar-refractivity contribution < 1.29 is 13.4 Å². The highest BCUT2D eigenvalue weighted by molar-refractivity contribution is 7.84. The molecule has 0 saturated heterocycles. The summed E-state index contributed by atoms with van der Waals surface area (Å²) in [6.07, 6.45) is 1.41. The Morgan fingerprint density at radius 3 is 2.71 bits per heavy atom. The predicted octanol–water partition coefficient (Wildman–Crippen LogP) is 0.591. The van der Waals surface area contributed by atoms with E-state index in [0.29, 0.717) is 10.5 Å². The molecule has 1 atom stereocenters. The van der Waals surface area contributed by atoms with Crippen molar-refractivity contribution in [3.63, 3.8) is 0 Å². The molecule has 0 bridgehead atoms. The average Bonchev–Trinajstić information content (AvgIpc) is 2.07. The Kier molecular flexibility index (Phi) is 3.35. The van der Waals surface area contributed by atoms with Crippen LogP contribution < -0.4 is 5.73 Å². The quantitative estimate of drug-likeness (QED) is 0.802. The SMILES string of the molecule is CS(=O)c1cc(F)ccc1CC(N)=O. The van der Waals surface area contributed by atoms with Crippen LogP contribution in [0.5, 0.6) is 0 Å². The Morgan fingerprint density at radius 1 is 1.57 bits per heavy atom. The van der Waals surface area contributed by atoms with Crippen molar-refractivity contribution in [1.29, 1.82) is 0 Å². The number of rotatable bonds is 3. The van der Waals surface area contributed by atoms with Gasteiger partial charge < -0.3 is 5.73 Å². The van der Waals surface area contributed by atoms with Crippen LogP contribution in [0.25, 0.3) is 0 Å². The molecule has 0 radical (unpaired) electrons. The van der Waals surface area contributed by atoms with Gasteiger partial charge in [-0.2, -0.15) is 0 Å². The van der Waals surface area contributed by atoms with Gasteiger partial charge in [0.15, 0.2) is 0 Å². The van der Waals surface area contributed by atoms with Gasteiger partial charge in [0.2, 0.25) is 5.91 Å². The van der Waals surface area contributed by atoms with E-state index in [4.69, 9.17) is 5.73 Å². The third-order valence-electron chi connectivity index (χ3n) is 1.70. The summed E-state index contributed by atoms with van der Waals surface area (Å²) in [5.74, 6) is -0.994. The summed E-state index contributed by atoms with van der Waals surface area (Å²) in [6, 6.07) is 3.81. The molecule has 0 aliphatic carbocycles. The van der Waals surface area contributed by atoms with Crippen molar-refractivity contribution in [1.82, 2.24) is 0 Å². The standard InChI is InChI=1S/C9H10FNO2S/c1-14(13)8-5-7(10)3-2-6(8)4-9(11)12/h2-3,5H,4H2,1H3,(H2,11,12). The van der Waals surface area contributed by atoms with E-state index in [0.717, 1.165) is 6.07 Å². The highest BCUT2D eigenvalue weighted by atomic mass is 32.2. The molecule has 2 N–H and O–H groups in total. The summed E-state index contributed by atoms with van der Waals surface area (Å²) in [5.41, 5.74) is 5.51.